The molecule has 8 nitrogen and oxygen atoms in total. The lowest BCUT2D eigenvalue weighted by atomic mass is 9.84. The first-order valence-electron chi connectivity index (χ1n) is 8.10. The predicted octanol–water partition coefficient (Wildman–Crippen LogP) is 3.06. The number of hydrogen-bond acceptors (Lipinski definition) is 5. The maximum atomic E-state index is 12.4. The number of benzene rings is 1. The van der Waals surface area contributed by atoms with Gasteiger partial charge in [-0.25, -0.2) is 0 Å². The van der Waals surface area contributed by atoms with Crippen LogP contribution in [-0.2, 0) is 0 Å². The highest BCUT2D eigenvalue weighted by molar-refractivity contribution is 5.98. The van der Waals surface area contributed by atoms with E-state index in [1.54, 1.807) is 0 Å². The van der Waals surface area contributed by atoms with Crippen LogP contribution < -0.4 is 5.32 Å². The highest BCUT2D eigenvalue weighted by atomic mass is 16.6. The third-order valence-corrected chi connectivity index (χ3v) is 5.43. The lowest BCUT2D eigenvalue weighted by Gasteiger charge is -2.28. The highest BCUT2D eigenvalue weighted by Gasteiger charge is 2.42. The number of carbonyl (C=O) groups excluding carboxylic acids is 1. The fourth-order valence-electron chi connectivity index (χ4n) is 4.27. The number of amides is 1. The molecule has 2 aliphatic carbocycles. The maximum Gasteiger partial charge on any atom is 0.289 e. The van der Waals surface area contributed by atoms with Crippen LogP contribution >= 0.6 is 0 Å². The van der Waals surface area contributed by atoms with E-state index in [0.717, 1.165) is 30.5 Å². The Kier molecular flexibility index (Phi) is 4.21. The van der Waals surface area contributed by atoms with Gasteiger partial charge in [-0.3, -0.25) is 25.0 Å². The minimum Gasteiger partial charge on any atom is -0.349 e. The van der Waals surface area contributed by atoms with E-state index in [-0.39, 0.29) is 11.6 Å². The van der Waals surface area contributed by atoms with Crippen LogP contribution in [-0.4, -0.2) is 21.8 Å². The Morgan fingerprint density at radius 1 is 1.21 bits per heavy atom. The fraction of sp³-hybridized carbons (Fsp3) is 0.562. The molecule has 0 aliphatic heterocycles. The summed E-state index contributed by atoms with van der Waals surface area (Å²) in [5, 5.41) is 24.8. The van der Waals surface area contributed by atoms with Gasteiger partial charge in [0.25, 0.3) is 17.3 Å². The van der Waals surface area contributed by atoms with Gasteiger partial charge in [0, 0.05) is 12.1 Å². The van der Waals surface area contributed by atoms with Crippen molar-refractivity contribution in [1.82, 2.24) is 5.32 Å². The second-order valence-corrected chi connectivity index (χ2v) is 6.82. The first kappa shape index (κ1) is 16.4. The van der Waals surface area contributed by atoms with Crippen molar-refractivity contribution >= 4 is 17.3 Å². The monoisotopic (exact) mass is 333 g/mol. The summed E-state index contributed by atoms with van der Waals surface area (Å²) in [5.41, 5.74) is -1.08. The van der Waals surface area contributed by atoms with E-state index >= 15 is 0 Å². The Bertz CT molecular complexity index is 705. The zero-order valence-corrected chi connectivity index (χ0v) is 13.3. The van der Waals surface area contributed by atoms with Crippen molar-refractivity contribution < 1.29 is 14.6 Å². The van der Waals surface area contributed by atoms with E-state index in [1.807, 2.05) is 6.92 Å². The van der Waals surface area contributed by atoms with Crippen LogP contribution in [0.1, 0.15) is 43.0 Å². The summed E-state index contributed by atoms with van der Waals surface area (Å²) >= 11 is 0. The molecule has 24 heavy (non-hydrogen) atoms. The number of non-ortho nitro benzene ring substituents is 1. The Balaban J connectivity index is 1.77. The summed E-state index contributed by atoms with van der Waals surface area (Å²) in [6.45, 7) is 1.93. The molecular formula is C16H19N3O5. The lowest BCUT2D eigenvalue weighted by Crippen LogP contribution is -2.40. The van der Waals surface area contributed by atoms with Gasteiger partial charge in [0.1, 0.15) is 5.56 Å². The van der Waals surface area contributed by atoms with E-state index < -0.39 is 27.1 Å². The maximum absolute atomic E-state index is 12.4. The molecule has 3 rings (SSSR count). The largest absolute Gasteiger partial charge is 0.349 e. The molecule has 128 valence electrons. The van der Waals surface area contributed by atoms with E-state index in [0.29, 0.717) is 11.8 Å². The molecule has 2 saturated carbocycles. The topological polar surface area (TPSA) is 115 Å². The molecule has 0 saturated heterocycles. The van der Waals surface area contributed by atoms with Gasteiger partial charge < -0.3 is 5.32 Å². The van der Waals surface area contributed by atoms with E-state index in [1.165, 1.54) is 19.3 Å². The van der Waals surface area contributed by atoms with Crippen molar-refractivity contribution in [2.75, 3.05) is 0 Å². The smallest absolute Gasteiger partial charge is 0.289 e. The number of nitrogens with one attached hydrogen (secondary N) is 1. The van der Waals surface area contributed by atoms with Gasteiger partial charge in [-0.15, -0.1) is 0 Å². The molecular weight excluding hydrogens is 314 g/mol. The second kappa shape index (κ2) is 6.18. The molecule has 1 N–H and O–H groups in total. The highest BCUT2D eigenvalue weighted by Crippen LogP contribution is 2.49. The van der Waals surface area contributed by atoms with E-state index in [9.17, 15) is 25.0 Å². The van der Waals surface area contributed by atoms with Crippen molar-refractivity contribution in [3.8, 4) is 0 Å². The van der Waals surface area contributed by atoms with Crippen LogP contribution in [0.15, 0.2) is 18.2 Å². The average Bonchev–Trinajstić information content (AvgIpc) is 3.17. The van der Waals surface area contributed by atoms with Crippen molar-refractivity contribution in [3.05, 3.63) is 44.0 Å². The van der Waals surface area contributed by atoms with Gasteiger partial charge in [-0.2, -0.15) is 0 Å². The first-order chi connectivity index (χ1) is 11.4. The molecule has 0 heterocycles. The zero-order chi connectivity index (χ0) is 17.4. The third kappa shape index (κ3) is 2.95. The first-order valence-corrected chi connectivity index (χ1v) is 8.10. The van der Waals surface area contributed by atoms with Crippen LogP contribution in [0.2, 0.25) is 0 Å². The van der Waals surface area contributed by atoms with Crippen LogP contribution in [0.3, 0.4) is 0 Å². The molecule has 1 aromatic carbocycles. The van der Waals surface area contributed by atoms with Gasteiger partial charge in [0.15, 0.2) is 0 Å². The van der Waals surface area contributed by atoms with Gasteiger partial charge >= 0.3 is 0 Å². The number of carbonyl (C=O) groups is 1. The predicted molar refractivity (Wildman–Crippen MR) is 85.6 cm³/mol. The summed E-state index contributed by atoms with van der Waals surface area (Å²) in [6, 6.07) is 3.03. The molecule has 0 aromatic heterocycles. The minimum atomic E-state index is -0.760. The normalized spacial score (nSPS) is 26.1. The third-order valence-electron chi connectivity index (χ3n) is 5.43. The van der Waals surface area contributed by atoms with Crippen LogP contribution in [0.25, 0.3) is 0 Å². The second-order valence-electron chi connectivity index (χ2n) is 6.82. The van der Waals surface area contributed by atoms with Gasteiger partial charge in [0.05, 0.1) is 15.9 Å². The zero-order valence-electron chi connectivity index (χ0n) is 13.3. The Labute approximate surface area is 138 Å². The molecule has 4 unspecified atom stereocenters. The van der Waals surface area contributed by atoms with E-state index in [2.05, 4.69) is 5.32 Å². The summed E-state index contributed by atoms with van der Waals surface area (Å²) in [5.74, 6) is 1.22. The number of nitro groups is 2. The Hall–Kier alpha value is -2.51. The molecule has 2 aliphatic rings. The molecule has 8 heteroatoms. The van der Waals surface area contributed by atoms with Gasteiger partial charge in [-0.05, 0) is 50.0 Å². The van der Waals surface area contributed by atoms with Crippen molar-refractivity contribution in [3.63, 3.8) is 0 Å². The number of fused-ring (bicyclic) bond motifs is 2. The molecule has 0 spiro atoms. The average molecular weight is 333 g/mol. The fourth-order valence-corrected chi connectivity index (χ4v) is 4.27. The van der Waals surface area contributed by atoms with Crippen molar-refractivity contribution in [1.29, 1.82) is 0 Å². The lowest BCUT2D eigenvalue weighted by molar-refractivity contribution is -0.394. The van der Waals surface area contributed by atoms with E-state index in [4.69, 9.17) is 0 Å². The minimum absolute atomic E-state index is 0.0670. The molecule has 0 radical (unpaired) electrons. The summed E-state index contributed by atoms with van der Waals surface area (Å²) in [4.78, 5) is 32.9. The number of rotatable bonds is 5. The summed E-state index contributed by atoms with van der Waals surface area (Å²) < 4.78 is 0. The van der Waals surface area contributed by atoms with Crippen LogP contribution in [0, 0.1) is 38.0 Å². The molecule has 1 amide bonds. The Morgan fingerprint density at radius 3 is 2.50 bits per heavy atom. The van der Waals surface area contributed by atoms with Crippen molar-refractivity contribution in [2.24, 2.45) is 17.8 Å². The van der Waals surface area contributed by atoms with Crippen LogP contribution in [0.5, 0.6) is 0 Å². The molecule has 1 aromatic rings. The summed E-state index contributed by atoms with van der Waals surface area (Å²) in [7, 11) is 0. The number of nitro benzene ring substituents is 2. The van der Waals surface area contributed by atoms with Crippen molar-refractivity contribution in [2.45, 2.75) is 38.6 Å². The van der Waals surface area contributed by atoms with Gasteiger partial charge in [-0.1, -0.05) is 6.42 Å². The van der Waals surface area contributed by atoms with Crippen LogP contribution in [0.4, 0.5) is 11.4 Å². The number of nitrogens with zero attached hydrogens (tertiary/aromatic N) is 2. The Morgan fingerprint density at radius 2 is 1.96 bits per heavy atom. The standard InChI is InChI=1S/C16H19N3O5/c1-9(14-7-10-2-3-11(14)6-10)17-16(20)13-5-4-12(18(21)22)8-15(13)19(23)24/h4-5,8-11,14H,2-3,6-7H2,1H3,(H,17,20). The SMILES string of the molecule is CC(NC(=O)c1ccc([N+](=O)[O-])cc1[N+](=O)[O-])C1CC2CCC1C2. The molecule has 2 fully saturated rings. The molecule has 4 atom stereocenters. The summed E-state index contributed by atoms with van der Waals surface area (Å²) in [6.07, 6.45) is 4.75. The quantitative estimate of drug-likeness (QED) is 0.656. The van der Waals surface area contributed by atoms with Gasteiger partial charge in [0.2, 0.25) is 0 Å². The molecule has 2 bridgehead atoms. The number of hydrogen-bond donors (Lipinski definition) is 1.